The molecule has 1 atom stereocenters. The molecule has 0 aliphatic carbocycles. The molecule has 170 valence electrons. The van der Waals surface area contributed by atoms with Crippen molar-refractivity contribution in [2.24, 2.45) is 5.92 Å². The van der Waals surface area contributed by atoms with Crippen molar-refractivity contribution in [2.45, 2.75) is 32.4 Å². The van der Waals surface area contributed by atoms with Crippen molar-refractivity contribution in [2.75, 3.05) is 29.1 Å². The molecule has 3 aromatic rings. The topological polar surface area (TPSA) is 101 Å². The van der Waals surface area contributed by atoms with Crippen molar-refractivity contribution >= 4 is 38.3 Å². The SMILES string of the molecule is CCCS(=O)(=O)Cc1ccc(F)c(Nc2ncnc3cnc(N4CC[C@H](C)C4)nc23)c1F. The second-order valence-corrected chi connectivity index (χ2v) is 10.3. The fourth-order valence-corrected chi connectivity index (χ4v) is 5.23. The predicted octanol–water partition coefficient (Wildman–Crippen LogP) is 3.61. The first-order valence-electron chi connectivity index (χ1n) is 10.4. The lowest BCUT2D eigenvalue weighted by Crippen LogP contribution is -2.21. The van der Waals surface area contributed by atoms with Gasteiger partial charge in [-0.05, 0) is 24.8 Å². The maximum Gasteiger partial charge on any atom is 0.226 e. The number of anilines is 3. The highest BCUT2D eigenvalue weighted by Crippen LogP contribution is 2.30. The van der Waals surface area contributed by atoms with Gasteiger partial charge in [0.25, 0.3) is 0 Å². The highest BCUT2D eigenvalue weighted by atomic mass is 32.2. The van der Waals surface area contributed by atoms with E-state index in [0.29, 0.717) is 29.3 Å². The summed E-state index contributed by atoms with van der Waals surface area (Å²) >= 11 is 0. The van der Waals surface area contributed by atoms with E-state index in [1.165, 1.54) is 6.33 Å². The number of fused-ring (bicyclic) bond motifs is 1. The third kappa shape index (κ3) is 4.62. The smallest absolute Gasteiger partial charge is 0.226 e. The molecular formula is C21H24F2N6O2S. The van der Waals surface area contributed by atoms with E-state index in [1.807, 2.05) is 4.90 Å². The third-order valence-corrected chi connectivity index (χ3v) is 7.16. The Hall–Kier alpha value is -2.95. The first-order valence-corrected chi connectivity index (χ1v) is 12.3. The Kier molecular flexibility index (Phi) is 6.18. The average Bonchev–Trinajstić information content (AvgIpc) is 3.19. The van der Waals surface area contributed by atoms with Crippen molar-refractivity contribution in [3.63, 3.8) is 0 Å². The van der Waals surface area contributed by atoms with Gasteiger partial charge in [0.15, 0.2) is 21.5 Å². The molecule has 32 heavy (non-hydrogen) atoms. The fourth-order valence-electron chi connectivity index (χ4n) is 3.77. The molecule has 3 heterocycles. The second kappa shape index (κ2) is 8.89. The number of sulfone groups is 1. The van der Waals surface area contributed by atoms with Crippen LogP contribution in [0.3, 0.4) is 0 Å². The van der Waals surface area contributed by atoms with Gasteiger partial charge in [0.2, 0.25) is 5.95 Å². The van der Waals surface area contributed by atoms with Crippen LogP contribution < -0.4 is 10.2 Å². The summed E-state index contributed by atoms with van der Waals surface area (Å²) in [5.41, 5.74) is 0.145. The minimum absolute atomic E-state index is 0.0715. The van der Waals surface area contributed by atoms with Crippen LogP contribution in [-0.4, -0.2) is 47.2 Å². The maximum absolute atomic E-state index is 15.1. The Morgan fingerprint density at radius 1 is 1.22 bits per heavy atom. The average molecular weight is 463 g/mol. The number of rotatable bonds is 7. The van der Waals surface area contributed by atoms with Crippen LogP contribution in [0.1, 0.15) is 32.3 Å². The van der Waals surface area contributed by atoms with E-state index in [1.54, 1.807) is 13.1 Å². The molecule has 1 N–H and O–H groups in total. The molecule has 0 amide bonds. The Labute approximate surface area is 185 Å². The molecule has 0 spiro atoms. The highest BCUT2D eigenvalue weighted by molar-refractivity contribution is 7.90. The van der Waals surface area contributed by atoms with Gasteiger partial charge < -0.3 is 10.2 Å². The zero-order valence-corrected chi connectivity index (χ0v) is 18.7. The van der Waals surface area contributed by atoms with Gasteiger partial charge in [0, 0.05) is 18.7 Å². The maximum atomic E-state index is 15.1. The fraction of sp³-hybridized carbons (Fsp3) is 0.429. The molecule has 1 aromatic carbocycles. The molecule has 8 nitrogen and oxygen atoms in total. The predicted molar refractivity (Wildman–Crippen MR) is 119 cm³/mol. The summed E-state index contributed by atoms with van der Waals surface area (Å²) < 4.78 is 53.9. The molecule has 1 aliphatic heterocycles. The largest absolute Gasteiger partial charge is 0.341 e. The number of benzene rings is 1. The minimum atomic E-state index is -3.51. The summed E-state index contributed by atoms with van der Waals surface area (Å²) in [5.74, 6) is -1.29. The molecule has 0 bridgehead atoms. The summed E-state index contributed by atoms with van der Waals surface area (Å²) in [6.45, 7) is 5.52. The molecule has 1 fully saturated rings. The zero-order chi connectivity index (χ0) is 22.9. The molecule has 0 unspecified atom stereocenters. The van der Waals surface area contributed by atoms with Crippen molar-refractivity contribution in [3.05, 3.63) is 41.9 Å². The summed E-state index contributed by atoms with van der Waals surface area (Å²) in [7, 11) is -3.51. The molecule has 0 radical (unpaired) electrons. The Bertz CT molecular complexity index is 1250. The van der Waals surface area contributed by atoms with Crippen molar-refractivity contribution in [1.29, 1.82) is 0 Å². The Morgan fingerprint density at radius 2 is 2.03 bits per heavy atom. The van der Waals surface area contributed by atoms with Gasteiger partial charge >= 0.3 is 0 Å². The van der Waals surface area contributed by atoms with Crippen LogP contribution in [0.25, 0.3) is 11.0 Å². The highest BCUT2D eigenvalue weighted by Gasteiger charge is 2.23. The van der Waals surface area contributed by atoms with E-state index >= 15 is 4.39 Å². The summed E-state index contributed by atoms with van der Waals surface area (Å²) in [6, 6.07) is 2.19. The summed E-state index contributed by atoms with van der Waals surface area (Å²) in [5, 5.41) is 2.66. The van der Waals surface area contributed by atoms with Crippen LogP contribution in [0.4, 0.5) is 26.2 Å². The van der Waals surface area contributed by atoms with Gasteiger partial charge in [-0.15, -0.1) is 0 Å². The number of hydrogen-bond donors (Lipinski definition) is 1. The van der Waals surface area contributed by atoms with Crippen molar-refractivity contribution in [1.82, 2.24) is 19.9 Å². The van der Waals surface area contributed by atoms with Crippen LogP contribution in [0.5, 0.6) is 0 Å². The monoisotopic (exact) mass is 462 g/mol. The van der Waals surface area contributed by atoms with Gasteiger partial charge in [-0.2, -0.15) is 0 Å². The Morgan fingerprint density at radius 3 is 2.75 bits per heavy atom. The van der Waals surface area contributed by atoms with Gasteiger partial charge in [0.1, 0.15) is 28.9 Å². The first kappa shape index (κ1) is 22.3. The van der Waals surface area contributed by atoms with Crippen LogP contribution in [0.15, 0.2) is 24.7 Å². The molecule has 11 heteroatoms. The van der Waals surface area contributed by atoms with Gasteiger partial charge in [0.05, 0.1) is 17.7 Å². The van der Waals surface area contributed by atoms with E-state index in [2.05, 4.69) is 32.2 Å². The molecule has 0 saturated carbocycles. The molecule has 4 rings (SSSR count). The molecule has 1 aliphatic rings. The van der Waals surface area contributed by atoms with E-state index in [-0.39, 0.29) is 17.1 Å². The van der Waals surface area contributed by atoms with Crippen LogP contribution in [-0.2, 0) is 15.6 Å². The lowest BCUT2D eigenvalue weighted by Gasteiger charge is -2.17. The summed E-state index contributed by atoms with van der Waals surface area (Å²) in [6.07, 6.45) is 4.24. The van der Waals surface area contributed by atoms with Crippen LogP contribution >= 0.6 is 0 Å². The minimum Gasteiger partial charge on any atom is -0.341 e. The van der Waals surface area contributed by atoms with Gasteiger partial charge in [-0.25, -0.2) is 37.1 Å². The number of nitrogens with zero attached hydrogens (tertiary/aromatic N) is 5. The zero-order valence-electron chi connectivity index (χ0n) is 17.8. The standard InChI is InChI=1S/C21H24F2N6O2S/c1-3-8-32(30,31)11-14-4-5-15(22)18(17(14)23)27-20-19-16(25-12-26-20)9-24-21(28-19)29-7-6-13(2)10-29/h4-5,9,12-13H,3,6-8,10-11H2,1-2H3,(H,25,26,27)/t13-/m0/s1. The molecular weight excluding hydrogens is 438 g/mol. The van der Waals surface area contributed by atoms with E-state index in [0.717, 1.165) is 31.6 Å². The number of aromatic nitrogens is 4. The van der Waals surface area contributed by atoms with Gasteiger partial charge in [-0.3, -0.25) is 0 Å². The lowest BCUT2D eigenvalue weighted by molar-refractivity contribution is 0.574. The summed E-state index contributed by atoms with van der Waals surface area (Å²) in [4.78, 5) is 19.2. The quantitative estimate of drug-likeness (QED) is 0.568. The number of nitrogens with one attached hydrogen (secondary N) is 1. The van der Waals surface area contributed by atoms with Crippen molar-refractivity contribution in [3.8, 4) is 0 Å². The third-order valence-electron chi connectivity index (χ3n) is 5.38. The normalized spacial score (nSPS) is 16.6. The molecule has 1 saturated heterocycles. The van der Waals surface area contributed by atoms with Crippen molar-refractivity contribution < 1.29 is 17.2 Å². The number of halogens is 2. The van der Waals surface area contributed by atoms with Crippen LogP contribution in [0.2, 0.25) is 0 Å². The van der Waals surface area contributed by atoms with Crippen LogP contribution in [0, 0.1) is 17.6 Å². The van der Waals surface area contributed by atoms with E-state index in [4.69, 9.17) is 0 Å². The second-order valence-electron chi connectivity index (χ2n) is 8.08. The van der Waals surface area contributed by atoms with E-state index < -0.39 is 32.9 Å². The van der Waals surface area contributed by atoms with Gasteiger partial charge in [-0.1, -0.05) is 19.9 Å². The first-order chi connectivity index (χ1) is 15.3. The Balaban J connectivity index is 1.71. The number of hydrogen-bond acceptors (Lipinski definition) is 8. The molecule has 2 aromatic heterocycles. The van der Waals surface area contributed by atoms with E-state index in [9.17, 15) is 12.8 Å². The lowest BCUT2D eigenvalue weighted by atomic mass is 10.2.